The van der Waals surface area contributed by atoms with Gasteiger partial charge in [-0.15, -0.1) is 0 Å². The minimum atomic E-state index is -0.459. The summed E-state index contributed by atoms with van der Waals surface area (Å²) in [4.78, 5) is 24.4. The summed E-state index contributed by atoms with van der Waals surface area (Å²) >= 11 is 0. The maximum absolute atomic E-state index is 12.3. The van der Waals surface area contributed by atoms with Crippen molar-refractivity contribution >= 4 is 11.8 Å². The van der Waals surface area contributed by atoms with E-state index in [0.29, 0.717) is 35.8 Å². The number of carbonyl (C=O) groups excluding carboxylic acids is 2. The third-order valence-electron chi connectivity index (χ3n) is 3.70. The van der Waals surface area contributed by atoms with Gasteiger partial charge in [0.2, 0.25) is 0 Å². The molecular weight excluding hydrogens is 348 g/mol. The summed E-state index contributed by atoms with van der Waals surface area (Å²) in [5.41, 5.74) is 6.51. The molecule has 27 heavy (non-hydrogen) atoms. The maximum atomic E-state index is 12.3. The molecule has 0 saturated heterocycles. The fourth-order valence-corrected chi connectivity index (χ4v) is 2.32. The number of amides is 2. The fraction of sp³-hybridized carbons (Fsp3) is 0.300. The number of methoxy groups -OCH3 is 2. The highest BCUT2D eigenvalue weighted by Crippen LogP contribution is 2.28. The topological polar surface area (TPSA) is 85.9 Å². The van der Waals surface area contributed by atoms with E-state index in [2.05, 4.69) is 10.9 Å². The minimum absolute atomic E-state index is 0.339. The molecule has 2 amide bonds. The van der Waals surface area contributed by atoms with Gasteiger partial charge in [-0.1, -0.05) is 19.1 Å². The Morgan fingerprint density at radius 2 is 1.52 bits per heavy atom. The molecule has 0 aliphatic heterocycles. The van der Waals surface area contributed by atoms with Crippen LogP contribution in [0.2, 0.25) is 0 Å². The molecule has 0 heterocycles. The minimum Gasteiger partial charge on any atom is -0.493 e. The molecule has 0 aliphatic carbocycles. The van der Waals surface area contributed by atoms with Gasteiger partial charge in [-0.2, -0.15) is 0 Å². The molecule has 2 N–H and O–H groups in total. The second-order valence-electron chi connectivity index (χ2n) is 5.75. The summed E-state index contributed by atoms with van der Waals surface area (Å²) in [5.74, 6) is 0.147. The summed E-state index contributed by atoms with van der Waals surface area (Å²) in [6.07, 6.45) is 0.865. The molecule has 0 unspecified atom stereocenters. The molecule has 0 atom stereocenters. The lowest BCUT2D eigenvalue weighted by molar-refractivity contribution is 0.0846. The molecular formula is C20H24N2O5. The Kier molecular flexibility index (Phi) is 7.63. The number of rotatable bonds is 8. The number of hydrogen-bond donors (Lipinski definition) is 2. The summed E-state index contributed by atoms with van der Waals surface area (Å²) in [6, 6.07) is 11.7. The zero-order chi connectivity index (χ0) is 19.6. The molecule has 144 valence electrons. The van der Waals surface area contributed by atoms with Crippen LogP contribution in [0, 0.1) is 0 Å². The number of hydrogen-bond acceptors (Lipinski definition) is 5. The Morgan fingerprint density at radius 1 is 0.889 bits per heavy atom. The van der Waals surface area contributed by atoms with E-state index in [1.165, 1.54) is 7.11 Å². The van der Waals surface area contributed by atoms with Crippen LogP contribution in [0.15, 0.2) is 42.5 Å². The quantitative estimate of drug-likeness (QED) is 0.696. The van der Waals surface area contributed by atoms with Crippen molar-refractivity contribution in [2.75, 3.05) is 20.8 Å². The van der Waals surface area contributed by atoms with Crippen molar-refractivity contribution in [2.45, 2.75) is 20.0 Å². The predicted molar refractivity (Wildman–Crippen MR) is 101 cm³/mol. The Morgan fingerprint density at radius 3 is 2.11 bits per heavy atom. The fourth-order valence-electron chi connectivity index (χ4n) is 2.32. The Hall–Kier alpha value is -3.06. The number of carbonyl (C=O) groups is 2. The Labute approximate surface area is 158 Å². The number of hydrazine groups is 1. The van der Waals surface area contributed by atoms with E-state index >= 15 is 0 Å². The zero-order valence-electron chi connectivity index (χ0n) is 15.7. The molecule has 7 nitrogen and oxygen atoms in total. The molecule has 0 fully saturated rings. The van der Waals surface area contributed by atoms with Gasteiger partial charge in [0.25, 0.3) is 11.8 Å². The molecule has 0 radical (unpaired) electrons. The van der Waals surface area contributed by atoms with Gasteiger partial charge in [0.05, 0.1) is 20.3 Å². The molecule has 0 spiro atoms. The van der Waals surface area contributed by atoms with E-state index in [4.69, 9.17) is 14.2 Å². The van der Waals surface area contributed by atoms with Crippen LogP contribution in [0.5, 0.6) is 11.5 Å². The molecule has 2 aromatic carbocycles. The van der Waals surface area contributed by atoms with Crippen LogP contribution in [-0.2, 0) is 11.3 Å². The van der Waals surface area contributed by atoms with E-state index in [9.17, 15) is 9.59 Å². The monoisotopic (exact) mass is 372 g/mol. The van der Waals surface area contributed by atoms with E-state index in [-0.39, 0.29) is 0 Å². The van der Waals surface area contributed by atoms with Crippen LogP contribution in [-0.4, -0.2) is 32.6 Å². The van der Waals surface area contributed by atoms with Crippen molar-refractivity contribution < 1.29 is 23.8 Å². The van der Waals surface area contributed by atoms with Gasteiger partial charge in [0.1, 0.15) is 0 Å². The molecule has 0 aromatic heterocycles. The third-order valence-corrected chi connectivity index (χ3v) is 3.70. The first-order valence-corrected chi connectivity index (χ1v) is 8.58. The Balaban J connectivity index is 1.97. The molecule has 2 aromatic rings. The highest BCUT2D eigenvalue weighted by molar-refractivity contribution is 5.99. The van der Waals surface area contributed by atoms with Crippen molar-refractivity contribution in [1.29, 1.82) is 0 Å². The van der Waals surface area contributed by atoms with Crippen LogP contribution in [0.3, 0.4) is 0 Å². The first-order valence-electron chi connectivity index (χ1n) is 8.58. The smallest absolute Gasteiger partial charge is 0.269 e. The van der Waals surface area contributed by atoms with Crippen molar-refractivity contribution in [3.8, 4) is 11.5 Å². The van der Waals surface area contributed by atoms with E-state index in [0.717, 1.165) is 12.0 Å². The highest BCUT2D eigenvalue weighted by atomic mass is 16.5. The summed E-state index contributed by atoms with van der Waals surface area (Å²) in [7, 11) is 3.11. The lowest BCUT2D eigenvalue weighted by atomic mass is 10.1. The molecule has 0 aliphatic rings. The summed E-state index contributed by atoms with van der Waals surface area (Å²) < 4.78 is 15.8. The molecule has 0 bridgehead atoms. The summed E-state index contributed by atoms with van der Waals surface area (Å²) in [6.45, 7) is 3.03. The van der Waals surface area contributed by atoms with Crippen LogP contribution in [0.4, 0.5) is 0 Å². The lowest BCUT2D eigenvalue weighted by Crippen LogP contribution is -2.41. The average Bonchev–Trinajstić information content (AvgIpc) is 2.70. The first kappa shape index (κ1) is 20.3. The van der Waals surface area contributed by atoms with Crippen molar-refractivity contribution in [1.82, 2.24) is 10.9 Å². The standard InChI is InChI=1S/C20H24N2O5/c1-4-11-27-17-10-9-16(12-18(17)26-3)20(24)22-21-19(23)15-7-5-14(6-8-15)13-25-2/h5-10,12H,4,11,13H2,1-3H3,(H,21,23)(H,22,24). The molecule has 7 heteroatoms. The van der Waals surface area contributed by atoms with Gasteiger partial charge in [0, 0.05) is 18.2 Å². The second-order valence-corrected chi connectivity index (χ2v) is 5.75. The van der Waals surface area contributed by atoms with E-state index in [1.54, 1.807) is 49.6 Å². The lowest BCUT2D eigenvalue weighted by Gasteiger charge is -2.12. The number of benzene rings is 2. The normalized spacial score (nSPS) is 10.2. The van der Waals surface area contributed by atoms with Crippen LogP contribution < -0.4 is 20.3 Å². The van der Waals surface area contributed by atoms with Gasteiger partial charge in [-0.3, -0.25) is 20.4 Å². The van der Waals surface area contributed by atoms with E-state index < -0.39 is 11.8 Å². The number of nitrogens with one attached hydrogen (secondary N) is 2. The van der Waals surface area contributed by atoms with Crippen molar-refractivity contribution in [2.24, 2.45) is 0 Å². The first-order chi connectivity index (χ1) is 13.1. The summed E-state index contributed by atoms with van der Waals surface area (Å²) in [5, 5.41) is 0. The van der Waals surface area contributed by atoms with Crippen molar-refractivity contribution in [3.63, 3.8) is 0 Å². The van der Waals surface area contributed by atoms with Gasteiger partial charge in [-0.05, 0) is 42.3 Å². The number of ether oxygens (including phenoxy) is 3. The van der Waals surface area contributed by atoms with Crippen LogP contribution in [0.25, 0.3) is 0 Å². The maximum Gasteiger partial charge on any atom is 0.269 e. The molecule has 0 saturated carbocycles. The van der Waals surface area contributed by atoms with Gasteiger partial charge in [-0.25, -0.2) is 0 Å². The van der Waals surface area contributed by atoms with Gasteiger partial charge >= 0.3 is 0 Å². The highest BCUT2D eigenvalue weighted by Gasteiger charge is 2.13. The predicted octanol–water partition coefficient (Wildman–Crippen LogP) is 2.71. The average molecular weight is 372 g/mol. The van der Waals surface area contributed by atoms with Crippen LogP contribution in [0.1, 0.15) is 39.6 Å². The van der Waals surface area contributed by atoms with Gasteiger partial charge < -0.3 is 14.2 Å². The van der Waals surface area contributed by atoms with Crippen molar-refractivity contribution in [3.05, 3.63) is 59.2 Å². The second kappa shape index (κ2) is 10.2. The van der Waals surface area contributed by atoms with Gasteiger partial charge in [0.15, 0.2) is 11.5 Å². The zero-order valence-corrected chi connectivity index (χ0v) is 15.7. The SMILES string of the molecule is CCCOc1ccc(C(=O)NNC(=O)c2ccc(COC)cc2)cc1OC. The van der Waals surface area contributed by atoms with E-state index in [1.807, 2.05) is 6.92 Å². The molecule has 2 rings (SSSR count). The Bertz CT molecular complexity index is 774. The third kappa shape index (κ3) is 5.72. The largest absolute Gasteiger partial charge is 0.493 e. The van der Waals surface area contributed by atoms with Crippen LogP contribution >= 0.6 is 0 Å².